The van der Waals surface area contributed by atoms with E-state index in [1.165, 1.54) is 0 Å². The first kappa shape index (κ1) is 16.9. The SMILES string of the molecule is C[C@H]1C[C@@H](C(N)=O)N([C@H]2CCN(c3c(C#N)c4ccccc4n3C)C2)C1. The number of amides is 1. The summed E-state index contributed by atoms with van der Waals surface area (Å²) < 4.78 is 2.12. The zero-order valence-electron chi connectivity index (χ0n) is 15.4. The molecule has 0 spiro atoms. The largest absolute Gasteiger partial charge is 0.368 e. The number of aromatic nitrogens is 1. The molecule has 3 heterocycles. The van der Waals surface area contributed by atoms with Gasteiger partial charge in [0.25, 0.3) is 0 Å². The standard InChI is InChI=1S/C20H25N5O/c1-13-9-18(19(22)26)25(11-13)14-7-8-24(12-14)20-16(10-21)15-5-3-4-6-17(15)23(20)2/h3-6,13-14,18H,7-9,11-12H2,1-2H3,(H2,22,26)/t13-,14-,18-/m0/s1. The number of aryl methyl sites for hydroxylation is 1. The summed E-state index contributed by atoms with van der Waals surface area (Å²) in [5, 5.41) is 10.8. The van der Waals surface area contributed by atoms with E-state index in [-0.39, 0.29) is 11.9 Å². The first-order valence-corrected chi connectivity index (χ1v) is 9.28. The molecule has 1 aromatic carbocycles. The van der Waals surface area contributed by atoms with Gasteiger partial charge in [0.05, 0.1) is 11.6 Å². The first-order valence-electron chi connectivity index (χ1n) is 9.28. The van der Waals surface area contributed by atoms with Crippen molar-refractivity contribution in [3.63, 3.8) is 0 Å². The molecular formula is C20H25N5O. The van der Waals surface area contributed by atoms with E-state index in [9.17, 15) is 10.1 Å². The van der Waals surface area contributed by atoms with Crippen LogP contribution in [0.4, 0.5) is 5.82 Å². The second-order valence-electron chi connectivity index (χ2n) is 7.73. The van der Waals surface area contributed by atoms with Gasteiger partial charge in [-0.15, -0.1) is 0 Å². The zero-order valence-corrected chi connectivity index (χ0v) is 15.4. The third kappa shape index (κ3) is 2.55. The maximum absolute atomic E-state index is 11.9. The Morgan fingerprint density at radius 2 is 2.08 bits per heavy atom. The highest BCUT2D eigenvalue weighted by atomic mass is 16.1. The van der Waals surface area contributed by atoms with E-state index >= 15 is 0 Å². The Labute approximate surface area is 153 Å². The highest BCUT2D eigenvalue weighted by molar-refractivity contribution is 5.93. The van der Waals surface area contributed by atoms with Crippen LogP contribution in [0.15, 0.2) is 24.3 Å². The van der Waals surface area contributed by atoms with Crippen molar-refractivity contribution < 1.29 is 4.79 Å². The number of nitriles is 1. The molecule has 0 aliphatic carbocycles. The number of hydrogen-bond donors (Lipinski definition) is 1. The first-order chi connectivity index (χ1) is 12.5. The molecule has 2 aromatic rings. The molecule has 6 heteroatoms. The van der Waals surface area contributed by atoms with E-state index < -0.39 is 0 Å². The Bertz CT molecular complexity index is 895. The van der Waals surface area contributed by atoms with Crippen molar-refractivity contribution >= 4 is 22.6 Å². The average molecular weight is 351 g/mol. The number of primary amides is 1. The maximum atomic E-state index is 11.9. The molecule has 2 saturated heterocycles. The van der Waals surface area contributed by atoms with Crippen LogP contribution in [0.3, 0.4) is 0 Å². The smallest absolute Gasteiger partial charge is 0.234 e. The lowest BCUT2D eigenvalue weighted by molar-refractivity contribution is -0.122. The minimum atomic E-state index is -0.213. The molecule has 3 atom stereocenters. The highest BCUT2D eigenvalue weighted by Gasteiger charge is 2.41. The van der Waals surface area contributed by atoms with Gasteiger partial charge in [0.1, 0.15) is 17.5 Å². The van der Waals surface area contributed by atoms with Gasteiger partial charge in [0, 0.05) is 38.1 Å². The van der Waals surface area contributed by atoms with Crippen LogP contribution in [0, 0.1) is 17.2 Å². The van der Waals surface area contributed by atoms with Crippen molar-refractivity contribution in [2.24, 2.45) is 18.7 Å². The fourth-order valence-corrected chi connectivity index (χ4v) is 4.83. The number of benzene rings is 1. The van der Waals surface area contributed by atoms with Crippen LogP contribution >= 0.6 is 0 Å². The molecule has 2 aliphatic heterocycles. The summed E-state index contributed by atoms with van der Waals surface area (Å²) in [4.78, 5) is 16.4. The normalized spacial score (nSPS) is 26.5. The Morgan fingerprint density at radius 3 is 2.81 bits per heavy atom. The van der Waals surface area contributed by atoms with Crippen LogP contribution in [-0.2, 0) is 11.8 Å². The molecule has 136 valence electrons. The third-order valence-corrected chi connectivity index (χ3v) is 6.00. The second-order valence-corrected chi connectivity index (χ2v) is 7.73. The van der Waals surface area contributed by atoms with Crippen molar-refractivity contribution in [1.82, 2.24) is 9.47 Å². The summed E-state index contributed by atoms with van der Waals surface area (Å²) in [5.41, 5.74) is 7.46. The van der Waals surface area contributed by atoms with Gasteiger partial charge in [-0.25, -0.2) is 0 Å². The van der Waals surface area contributed by atoms with E-state index in [4.69, 9.17) is 5.73 Å². The van der Waals surface area contributed by atoms with Crippen LogP contribution in [0.1, 0.15) is 25.3 Å². The number of carbonyl (C=O) groups excluding carboxylic acids is 1. The Morgan fingerprint density at radius 1 is 1.31 bits per heavy atom. The Kier molecular flexibility index (Phi) is 4.12. The molecule has 0 bridgehead atoms. The van der Waals surface area contributed by atoms with Crippen molar-refractivity contribution in [2.45, 2.75) is 31.8 Å². The summed E-state index contributed by atoms with van der Waals surface area (Å²) >= 11 is 0. The summed E-state index contributed by atoms with van der Waals surface area (Å²) in [6.45, 7) is 4.82. The topological polar surface area (TPSA) is 78.3 Å². The van der Waals surface area contributed by atoms with Crippen molar-refractivity contribution in [2.75, 3.05) is 24.5 Å². The second kappa shape index (κ2) is 6.33. The van der Waals surface area contributed by atoms with Crippen LogP contribution in [0.25, 0.3) is 10.9 Å². The van der Waals surface area contributed by atoms with Crippen LogP contribution in [-0.4, -0.2) is 47.1 Å². The molecule has 4 rings (SSSR count). The lowest BCUT2D eigenvalue weighted by atomic mass is 10.1. The zero-order chi connectivity index (χ0) is 18.4. The van der Waals surface area contributed by atoms with E-state index in [2.05, 4.69) is 33.4 Å². The van der Waals surface area contributed by atoms with Gasteiger partial charge in [-0.1, -0.05) is 25.1 Å². The van der Waals surface area contributed by atoms with Gasteiger partial charge < -0.3 is 15.2 Å². The molecule has 0 radical (unpaired) electrons. The van der Waals surface area contributed by atoms with E-state index in [1.54, 1.807) is 0 Å². The molecule has 0 saturated carbocycles. The molecule has 1 aromatic heterocycles. The monoisotopic (exact) mass is 351 g/mol. The van der Waals surface area contributed by atoms with Crippen molar-refractivity contribution in [3.8, 4) is 6.07 Å². The molecular weight excluding hydrogens is 326 g/mol. The fourth-order valence-electron chi connectivity index (χ4n) is 4.83. The number of likely N-dealkylation sites (tertiary alicyclic amines) is 1. The van der Waals surface area contributed by atoms with Gasteiger partial charge >= 0.3 is 0 Å². The number of para-hydroxylation sites is 1. The van der Waals surface area contributed by atoms with Gasteiger partial charge in [-0.2, -0.15) is 5.26 Å². The van der Waals surface area contributed by atoms with Gasteiger partial charge in [-0.3, -0.25) is 9.69 Å². The van der Waals surface area contributed by atoms with Gasteiger partial charge in [0.15, 0.2) is 0 Å². The van der Waals surface area contributed by atoms with Crippen LogP contribution in [0.2, 0.25) is 0 Å². The number of hydrogen-bond acceptors (Lipinski definition) is 4. The lowest BCUT2D eigenvalue weighted by Gasteiger charge is -2.29. The molecule has 6 nitrogen and oxygen atoms in total. The van der Waals surface area contributed by atoms with E-state index in [0.717, 1.165) is 54.8 Å². The number of fused-ring (bicyclic) bond motifs is 1. The minimum absolute atomic E-state index is 0.155. The van der Waals surface area contributed by atoms with E-state index in [0.29, 0.717) is 12.0 Å². The average Bonchev–Trinajstić information content (AvgIpc) is 3.31. The number of carbonyl (C=O) groups is 1. The quantitative estimate of drug-likeness (QED) is 0.915. The third-order valence-electron chi connectivity index (χ3n) is 6.00. The molecule has 2 aliphatic rings. The van der Waals surface area contributed by atoms with Crippen LogP contribution in [0.5, 0.6) is 0 Å². The van der Waals surface area contributed by atoms with Crippen molar-refractivity contribution in [3.05, 3.63) is 29.8 Å². The Hall–Kier alpha value is -2.52. The van der Waals surface area contributed by atoms with Crippen molar-refractivity contribution in [1.29, 1.82) is 5.26 Å². The summed E-state index contributed by atoms with van der Waals surface area (Å²) in [6, 6.07) is 10.6. The molecule has 2 N–H and O–H groups in total. The fraction of sp³-hybridized carbons (Fsp3) is 0.500. The molecule has 2 fully saturated rings. The molecule has 26 heavy (non-hydrogen) atoms. The predicted octanol–water partition coefficient (Wildman–Crippen LogP) is 1.82. The van der Waals surface area contributed by atoms with Gasteiger partial charge in [-0.05, 0) is 24.8 Å². The van der Waals surface area contributed by atoms with Gasteiger partial charge in [0.2, 0.25) is 5.91 Å². The number of anilines is 1. The maximum Gasteiger partial charge on any atom is 0.234 e. The number of rotatable bonds is 3. The number of nitrogens with two attached hydrogens (primary N) is 1. The Balaban J connectivity index is 1.64. The summed E-state index contributed by atoms with van der Waals surface area (Å²) in [5.74, 6) is 1.27. The number of nitrogens with zero attached hydrogens (tertiary/aromatic N) is 4. The predicted molar refractivity (Wildman–Crippen MR) is 102 cm³/mol. The van der Waals surface area contributed by atoms with E-state index in [1.807, 2.05) is 25.2 Å². The lowest BCUT2D eigenvalue weighted by Crippen LogP contribution is -2.47. The molecule has 1 amide bonds. The molecule has 0 unspecified atom stereocenters. The minimum Gasteiger partial charge on any atom is -0.368 e. The highest BCUT2D eigenvalue weighted by Crippen LogP contribution is 2.35. The van der Waals surface area contributed by atoms with Crippen LogP contribution < -0.4 is 10.6 Å². The summed E-state index contributed by atoms with van der Waals surface area (Å²) in [6.07, 6.45) is 1.84. The summed E-state index contributed by atoms with van der Waals surface area (Å²) in [7, 11) is 2.02.